The molecule has 4 rings (SSSR count). The predicted molar refractivity (Wildman–Crippen MR) is 174 cm³/mol. The van der Waals surface area contributed by atoms with Gasteiger partial charge in [0.1, 0.15) is 23.9 Å². The lowest BCUT2D eigenvalue weighted by atomic mass is 10.2. The number of nitrogens with one attached hydrogen (secondary N) is 2. The van der Waals surface area contributed by atoms with Crippen LogP contribution < -0.4 is 34.0 Å². The van der Waals surface area contributed by atoms with E-state index in [1.54, 1.807) is 36.4 Å². The second kappa shape index (κ2) is 16.1. The van der Waals surface area contributed by atoms with Crippen LogP contribution in [0.25, 0.3) is 0 Å². The van der Waals surface area contributed by atoms with E-state index >= 15 is 0 Å². The van der Waals surface area contributed by atoms with E-state index in [4.69, 9.17) is 18.9 Å². The summed E-state index contributed by atoms with van der Waals surface area (Å²) in [7, 11) is -1.43. The van der Waals surface area contributed by atoms with Crippen molar-refractivity contribution in [2.45, 2.75) is 11.8 Å². The highest BCUT2D eigenvalue weighted by Gasteiger charge is 2.28. The number of ether oxygens (including phenoxy) is 4. The highest BCUT2D eigenvalue weighted by atomic mass is 32.2. The molecule has 0 atom stereocenters. The Morgan fingerprint density at radius 1 is 0.830 bits per heavy atom. The maximum Gasteiger partial charge on any atom is 0.264 e. The Labute approximate surface area is 271 Å². The summed E-state index contributed by atoms with van der Waals surface area (Å²) in [6.45, 7) is 1.40. The average Bonchev–Trinajstić information content (AvgIpc) is 3.08. The molecule has 0 spiro atoms. The van der Waals surface area contributed by atoms with E-state index < -0.39 is 34.2 Å². The predicted octanol–water partition coefficient (Wildman–Crippen LogP) is 4.60. The summed E-state index contributed by atoms with van der Waals surface area (Å²) in [5.74, 6) is -0.0293. The van der Waals surface area contributed by atoms with Crippen molar-refractivity contribution in [2.75, 3.05) is 43.6 Å². The summed E-state index contributed by atoms with van der Waals surface area (Å²) in [5, 5.41) is 6.55. The molecule has 0 radical (unpaired) electrons. The summed E-state index contributed by atoms with van der Waals surface area (Å²) >= 11 is 0. The Morgan fingerprint density at radius 3 is 2.11 bits per heavy atom. The van der Waals surface area contributed by atoms with Crippen LogP contribution >= 0.6 is 0 Å². The average molecular weight is 665 g/mol. The molecule has 0 unspecified atom stereocenters. The monoisotopic (exact) mass is 664 g/mol. The second-order valence-corrected chi connectivity index (χ2v) is 11.5. The smallest absolute Gasteiger partial charge is 0.264 e. The zero-order chi connectivity index (χ0) is 33.8. The number of hydrazone groups is 1. The fourth-order valence-corrected chi connectivity index (χ4v) is 5.61. The van der Waals surface area contributed by atoms with Gasteiger partial charge in [-0.15, -0.1) is 0 Å². The van der Waals surface area contributed by atoms with Gasteiger partial charge in [-0.25, -0.2) is 18.2 Å². The molecule has 246 valence electrons. The molecule has 0 aromatic heterocycles. The van der Waals surface area contributed by atoms with Crippen molar-refractivity contribution in [2.24, 2.45) is 5.10 Å². The molecule has 4 aromatic carbocycles. The number of benzene rings is 4. The molecule has 0 saturated carbocycles. The van der Waals surface area contributed by atoms with Gasteiger partial charge >= 0.3 is 0 Å². The second-order valence-electron chi connectivity index (χ2n) is 9.66. The molecular formula is C33H33FN4O8S. The van der Waals surface area contributed by atoms with Crippen molar-refractivity contribution in [3.8, 4) is 23.0 Å². The molecule has 0 bridgehead atoms. The van der Waals surface area contributed by atoms with Crippen LogP contribution in [-0.4, -0.2) is 60.4 Å². The quantitative estimate of drug-likeness (QED) is 0.139. The van der Waals surface area contributed by atoms with E-state index in [9.17, 15) is 22.4 Å². The number of rotatable bonds is 15. The SMILES string of the molecule is CCOc1ccc(N(CC(=O)N/N=C\c2ccc(OCC(=O)Nc3ccc(F)cc3)cc2)S(=O)(=O)c2ccc(OC)c(OC)c2)cc1. The molecule has 0 fully saturated rings. The van der Waals surface area contributed by atoms with Gasteiger partial charge in [-0.05, 0) is 97.4 Å². The van der Waals surface area contributed by atoms with Crippen LogP contribution in [0.2, 0.25) is 0 Å². The number of carbonyl (C=O) groups excluding carboxylic acids is 2. The zero-order valence-corrected chi connectivity index (χ0v) is 26.6. The molecule has 4 aromatic rings. The van der Waals surface area contributed by atoms with E-state index in [1.165, 1.54) is 75.0 Å². The highest BCUT2D eigenvalue weighted by molar-refractivity contribution is 7.92. The first-order chi connectivity index (χ1) is 22.6. The van der Waals surface area contributed by atoms with Crippen LogP contribution in [-0.2, 0) is 19.6 Å². The van der Waals surface area contributed by atoms with Gasteiger partial charge in [0, 0.05) is 11.8 Å². The van der Waals surface area contributed by atoms with Crippen LogP contribution in [0.1, 0.15) is 12.5 Å². The third kappa shape index (κ3) is 9.43. The lowest BCUT2D eigenvalue weighted by molar-refractivity contribution is -0.119. The van der Waals surface area contributed by atoms with Crippen molar-refractivity contribution >= 4 is 39.4 Å². The number of anilines is 2. The van der Waals surface area contributed by atoms with Crippen LogP contribution in [0, 0.1) is 5.82 Å². The van der Waals surface area contributed by atoms with Gasteiger partial charge in [0.15, 0.2) is 18.1 Å². The van der Waals surface area contributed by atoms with Crippen molar-refractivity contribution in [3.63, 3.8) is 0 Å². The molecule has 0 aliphatic heterocycles. The van der Waals surface area contributed by atoms with E-state index in [2.05, 4.69) is 15.8 Å². The standard InChI is InChI=1S/C33H33FN4O8S/c1-4-45-27-15-11-26(12-16-27)38(47(41,42)29-17-18-30(43-2)31(19-29)44-3)21-32(39)37-35-20-23-5-13-28(14-6-23)46-22-33(40)36-25-9-7-24(34)8-10-25/h5-20H,4,21-22H2,1-3H3,(H,36,40)(H,37,39)/b35-20-. The Morgan fingerprint density at radius 2 is 1.47 bits per heavy atom. The maximum absolute atomic E-state index is 13.8. The summed E-state index contributed by atoms with van der Waals surface area (Å²) in [5.41, 5.74) is 3.61. The lowest BCUT2D eigenvalue weighted by Crippen LogP contribution is -2.39. The van der Waals surface area contributed by atoms with E-state index in [0.717, 1.165) is 4.31 Å². The Bertz CT molecular complexity index is 1800. The largest absolute Gasteiger partial charge is 0.494 e. The molecule has 2 amide bonds. The fraction of sp³-hybridized carbons (Fsp3) is 0.182. The normalized spacial score (nSPS) is 11.1. The topological polar surface area (TPSA) is 145 Å². The van der Waals surface area contributed by atoms with Gasteiger partial charge in [-0.3, -0.25) is 13.9 Å². The van der Waals surface area contributed by atoms with Crippen LogP contribution in [0.3, 0.4) is 0 Å². The van der Waals surface area contributed by atoms with Gasteiger partial charge in [0.25, 0.3) is 21.8 Å². The molecule has 47 heavy (non-hydrogen) atoms. The number of amides is 2. The third-order valence-electron chi connectivity index (χ3n) is 6.45. The van der Waals surface area contributed by atoms with Crippen molar-refractivity contribution in [3.05, 3.63) is 102 Å². The molecule has 0 saturated heterocycles. The zero-order valence-electron chi connectivity index (χ0n) is 25.8. The third-order valence-corrected chi connectivity index (χ3v) is 8.22. The molecule has 12 nitrogen and oxygen atoms in total. The van der Waals surface area contributed by atoms with Crippen molar-refractivity contribution in [1.82, 2.24) is 5.43 Å². The van der Waals surface area contributed by atoms with Crippen LogP contribution in [0.4, 0.5) is 15.8 Å². The number of sulfonamides is 1. The van der Waals surface area contributed by atoms with Crippen molar-refractivity contribution in [1.29, 1.82) is 0 Å². The maximum atomic E-state index is 13.8. The van der Waals surface area contributed by atoms with Crippen molar-refractivity contribution < 1.29 is 41.3 Å². The minimum absolute atomic E-state index is 0.115. The number of halogens is 1. The van der Waals surface area contributed by atoms with Gasteiger partial charge in [-0.2, -0.15) is 5.10 Å². The first kappa shape index (κ1) is 34.2. The fourth-order valence-electron chi connectivity index (χ4n) is 4.17. The molecule has 0 aliphatic carbocycles. The number of nitrogens with zero attached hydrogens (tertiary/aromatic N) is 2. The van der Waals surface area contributed by atoms with Crippen LogP contribution in [0.5, 0.6) is 23.0 Å². The van der Waals surface area contributed by atoms with E-state index in [0.29, 0.717) is 35.1 Å². The molecule has 2 N–H and O–H groups in total. The van der Waals surface area contributed by atoms with E-state index in [1.807, 2.05) is 6.92 Å². The first-order valence-electron chi connectivity index (χ1n) is 14.2. The summed E-state index contributed by atoms with van der Waals surface area (Å²) < 4.78 is 63.0. The van der Waals surface area contributed by atoms with Gasteiger partial charge in [-0.1, -0.05) is 0 Å². The van der Waals surface area contributed by atoms with Gasteiger partial charge in [0.05, 0.1) is 37.6 Å². The number of methoxy groups -OCH3 is 2. The van der Waals surface area contributed by atoms with Gasteiger partial charge in [0.2, 0.25) is 0 Å². The number of hydrogen-bond acceptors (Lipinski definition) is 9. The molecule has 0 aliphatic rings. The lowest BCUT2D eigenvalue weighted by Gasteiger charge is -2.24. The summed E-state index contributed by atoms with van der Waals surface area (Å²) in [6.07, 6.45) is 1.37. The Hall–Kier alpha value is -5.63. The molecular weight excluding hydrogens is 631 g/mol. The minimum Gasteiger partial charge on any atom is -0.494 e. The van der Waals surface area contributed by atoms with E-state index in [-0.39, 0.29) is 22.9 Å². The van der Waals surface area contributed by atoms with Crippen LogP contribution in [0.15, 0.2) is 101 Å². The molecule has 0 heterocycles. The number of carbonyl (C=O) groups is 2. The Balaban J connectivity index is 1.40. The summed E-state index contributed by atoms with van der Waals surface area (Å²) in [4.78, 5) is 24.9. The minimum atomic E-state index is -4.26. The van der Waals surface area contributed by atoms with Gasteiger partial charge < -0.3 is 24.3 Å². The number of hydrogen-bond donors (Lipinski definition) is 2. The highest BCUT2D eigenvalue weighted by Crippen LogP contribution is 2.32. The summed E-state index contributed by atoms with van der Waals surface area (Å²) in [6, 6.07) is 22.3. The Kier molecular flexibility index (Phi) is 11.7. The molecule has 14 heteroatoms. The first-order valence-corrected chi connectivity index (χ1v) is 15.6.